The average molecular weight is 369 g/mol. The largest absolute Gasteiger partial charge is 0.452 e. The molecule has 1 N–H and O–H groups in total. The first-order chi connectivity index (χ1) is 13.5. The van der Waals surface area contributed by atoms with E-state index in [9.17, 15) is 9.59 Å². The summed E-state index contributed by atoms with van der Waals surface area (Å²) in [6.45, 7) is 3.84. The van der Waals surface area contributed by atoms with Crippen molar-refractivity contribution in [3.05, 3.63) is 101 Å². The van der Waals surface area contributed by atoms with Gasteiger partial charge in [0.05, 0.1) is 0 Å². The molecule has 4 aromatic rings. The molecule has 0 unspecified atom stereocenters. The van der Waals surface area contributed by atoms with E-state index < -0.39 is 0 Å². The number of aryl methyl sites for hydroxylation is 2. The van der Waals surface area contributed by atoms with Gasteiger partial charge in [-0.1, -0.05) is 48.0 Å². The SMILES string of the molecule is Cc1ccc(C(=O)c2oc3ccc(NC(=O)c4ccccc4)cc3c2C)cc1. The first-order valence-electron chi connectivity index (χ1n) is 9.04. The Morgan fingerprint density at radius 1 is 0.821 bits per heavy atom. The fraction of sp³-hybridized carbons (Fsp3) is 0.0833. The molecule has 0 aliphatic carbocycles. The van der Waals surface area contributed by atoms with Gasteiger partial charge in [-0.05, 0) is 44.2 Å². The fourth-order valence-electron chi connectivity index (χ4n) is 3.14. The summed E-state index contributed by atoms with van der Waals surface area (Å²) in [4.78, 5) is 25.2. The first kappa shape index (κ1) is 17.7. The molecular weight excluding hydrogens is 350 g/mol. The maximum Gasteiger partial charge on any atom is 0.255 e. The van der Waals surface area contributed by atoms with Crippen molar-refractivity contribution in [3.63, 3.8) is 0 Å². The van der Waals surface area contributed by atoms with Crippen molar-refractivity contribution in [2.24, 2.45) is 0 Å². The minimum Gasteiger partial charge on any atom is -0.452 e. The quantitative estimate of drug-likeness (QED) is 0.481. The number of carbonyl (C=O) groups is 2. The van der Waals surface area contributed by atoms with Crippen LogP contribution in [0.1, 0.15) is 37.6 Å². The Labute approximate surface area is 162 Å². The van der Waals surface area contributed by atoms with Crippen molar-refractivity contribution in [2.45, 2.75) is 13.8 Å². The van der Waals surface area contributed by atoms with Crippen molar-refractivity contribution in [3.8, 4) is 0 Å². The lowest BCUT2D eigenvalue weighted by molar-refractivity contribution is 0.101. The Balaban J connectivity index is 1.65. The highest BCUT2D eigenvalue weighted by molar-refractivity contribution is 6.11. The monoisotopic (exact) mass is 369 g/mol. The Hall–Kier alpha value is -3.66. The van der Waals surface area contributed by atoms with E-state index in [1.807, 2.05) is 50.2 Å². The van der Waals surface area contributed by atoms with E-state index in [1.54, 1.807) is 36.4 Å². The van der Waals surface area contributed by atoms with Crippen molar-refractivity contribution in [1.82, 2.24) is 0 Å². The zero-order chi connectivity index (χ0) is 19.7. The number of rotatable bonds is 4. The second kappa shape index (κ2) is 7.16. The molecule has 0 fully saturated rings. The summed E-state index contributed by atoms with van der Waals surface area (Å²) in [7, 11) is 0. The molecule has 1 aromatic heterocycles. The Kier molecular flexibility index (Phi) is 4.53. The van der Waals surface area contributed by atoms with Gasteiger partial charge in [0.1, 0.15) is 5.58 Å². The summed E-state index contributed by atoms with van der Waals surface area (Å²) in [6.07, 6.45) is 0. The smallest absolute Gasteiger partial charge is 0.255 e. The molecule has 4 rings (SSSR count). The molecule has 0 atom stereocenters. The maximum absolute atomic E-state index is 12.8. The summed E-state index contributed by atoms with van der Waals surface area (Å²) >= 11 is 0. The van der Waals surface area contributed by atoms with E-state index in [-0.39, 0.29) is 11.7 Å². The lowest BCUT2D eigenvalue weighted by Crippen LogP contribution is -2.11. The molecule has 0 saturated heterocycles. The Morgan fingerprint density at radius 2 is 1.54 bits per heavy atom. The van der Waals surface area contributed by atoms with Crippen molar-refractivity contribution in [1.29, 1.82) is 0 Å². The van der Waals surface area contributed by atoms with Gasteiger partial charge in [0, 0.05) is 27.8 Å². The molecule has 138 valence electrons. The van der Waals surface area contributed by atoms with E-state index in [1.165, 1.54) is 0 Å². The highest BCUT2D eigenvalue weighted by atomic mass is 16.3. The zero-order valence-electron chi connectivity index (χ0n) is 15.7. The lowest BCUT2D eigenvalue weighted by atomic mass is 10.0. The third-order valence-corrected chi connectivity index (χ3v) is 4.75. The molecule has 4 nitrogen and oxygen atoms in total. The van der Waals surface area contributed by atoms with Gasteiger partial charge in [-0.15, -0.1) is 0 Å². The summed E-state index contributed by atoms with van der Waals surface area (Å²) in [6, 6.07) is 21.8. The van der Waals surface area contributed by atoms with Gasteiger partial charge in [0.25, 0.3) is 5.91 Å². The highest BCUT2D eigenvalue weighted by Crippen LogP contribution is 2.29. The number of anilines is 1. The van der Waals surface area contributed by atoms with E-state index in [4.69, 9.17) is 4.42 Å². The van der Waals surface area contributed by atoms with Crippen LogP contribution >= 0.6 is 0 Å². The molecule has 28 heavy (non-hydrogen) atoms. The number of furan rings is 1. The number of ketones is 1. The number of hydrogen-bond donors (Lipinski definition) is 1. The molecule has 0 radical (unpaired) electrons. The van der Waals surface area contributed by atoms with E-state index >= 15 is 0 Å². The molecule has 3 aromatic carbocycles. The van der Waals surface area contributed by atoms with E-state index in [0.29, 0.717) is 28.2 Å². The summed E-state index contributed by atoms with van der Waals surface area (Å²) in [5.74, 6) is -0.00832. The molecule has 0 aliphatic rings. The average Bonchev–Trinajstić information content (AvgIpc) is 3.05. The second-order valence-corrected chi connectivity index (χ2v) is 6.78. The topological polar surface area (TPSA) is 59.3 Å². The van der Waals surface area contributed by atoms with Gasteiger partial charge in [-0.2, -0.15) is 0 Å². The molecule has 0 spiro atoms. The highest BCUT2D eigenvalue weighted by Gasteiger charge is 2.19. The number of fused-ring (bicyclic) bond motifs is 1. The fourth-order valence-corrected chi connectivity index (χ4v) is 3.14. The molecule has 0 aliphatic heterocycles. The van der Waals surface area contributed by atoms with Crippen LogP contribution in [0.5, 0.6) is 0 Å². The molecule has 1 heterocycles. The first-order valence-corrected chi connectivity index (χ1v) is 9.04. The van der Waals surface area contributed by atoms with Gasteiger partial charge in [-0.25, -0.2) is 0 Å². The van der Waals surface area contributed by atoms with Gasteiger partial charge >= 0.3 is 0 Å². The second-order valence-electron chi connectivity index (χ2n) is 6.78. The van der Waals surface area contributed by atoms with Gasteiger partial charge in [0.15, 0.2) is 5.76 Å². The van der Waals surface area contributed by atoms with Crippen LogP contribution in [0.25, 0.3) is 11.0 Å². The Bertz CT molecular complexity index is 1170. The molecule has 1 amide bonds. The van der Waals surface area contributed by atoms with Gasteiger partial charge in [0.2, 0.25) is 5.78 Å². The van der Waals surface area contributed by atoms with Crippen LogP contribution in [0.4, 0.5) is 5.69 Å². The molecule has 4 heteroatoms. The van der Waals surface area contributed by atoms with Crippen LogP contribution < -0.4 is 5.32 Å². The van der Waals surface area contributed by atoms with Crippen LogP contribution in [0.2, 0.25) is 0 Å². The molecule has 0 bridgehead atoms. The van der Waals surface area contributed by atoms with Crippen molar-refractivity contribution in [2.75, 3.05) is 5.32 Å². The maximum atomic E-state index is 12.8. The Morgan fingerprint density at radius 3 is 2.25 bits per heavy atom. The van der Waals surface area contributed by atoms with Gasteiger partial charge < -0.3 is 9.73 Å². The van der Waals surface area contributed by atoms with E-state index in [2.05, 4.69) is 5.32 Å². The van der Waals surface area contributed by atoms with Crippen LogP contribution in [-0.2, 0) is 0 Å². The number of benzene rings is 3. The summed E-state index contributed by atoms with van der Waals surface area (Å²) in [5.41, 5.74) is 4.30. The summed E-state index contributed by atoms with van der Waals surface area (Å²) < 4.78 is 5.83. The van der Waals surface area contributed by atoms with Crippen molar-refractivity contribution < 1.29 is 14.0 Å². The number of amides is 1. The number of carbonyl (C=O) groups excluding carboxylic acids is 2. The van der Waals surface area contributed by atoms with Crippen LogP contribution in [0.3, 0.4) is 0 Å². The molecular formula is C24H19NO3. The number of nitrogens with one attached hydrogen (secondary N) is 1. The van der Waals surface area contributed by atoms with Crippen LogP contribution in [0.15, 0.2) is 77.2 Å². The minimum absolute atomic E-state index is 0.149. The van der Waals surface area contributed by atoms with E-state index in [0.717, 1.165) is 16.5 Å². The lowest BCUT2D eigenvalue weighted by Gasteiger charge is -2.05. The molecule has 0 saturated carbocycles. The summed E-state index contributed by atoms with van der Waals surface area (Å²) in [5, 5.41) is 3.70. The third-order valence-electron chi connectivity index (χ3n) is 4.75. The minimum atomic E-state index is -0.183. The standard InChI is InChI=1S/C24H19NO3/c1-15-8-10-17(11-9-15)22(26)23-16(2)20-14-19(12-13-21(20)28-23)25-24(27)18-6-4-3-5-7-18/h3-14H,1-2H3,(H,25,27). The van der Waals surface area contributed by atoms with Crippen LogP contribution in [-0.4, -0.2) is 11.7 Å². The third kappa shape index (κ3) is 3.32. The zero-order valence-corrected chi connectivity index (χ0v) is 15.7. The van der Waals surface area contributed by atoms with Crippen molar-refractivity contribution >= 4 is 28.3 Å². The van der Waals surface area contributed by atoms with Crippen LogP contribution in [0, 0.1) is 13.8 Å². The normalized spacial score (nSPS) is 10.8. The predicted octanol–water partition coefficient (Wildman–Crippen LogP) is 5.53. The number of hydrogen-bond acceptors (Lipinski definition) is 3. The predicted molar refractivity (Wildman–Crippen MR) is 110 cm³/mol. The van der Waals surface area contributed by atoms with Gasteiger partial charge in [-0.3, -0.25) is 9.59 Å².